The van der Waals surface area contributed by atoms with Gasteiger partial charge >= 0.3 is 24.3 Å². The first kappa shape index (κ1) is 31.5. The van der Waals surface area contributed by atoms with Crippen LogP contribution in [0.3, 0.4) is 0 Å². The molecule has 1 aromatic heterocycles. The Hall–Kier alpha value is -3.68. The third-order valence-corrected chi connectivity index (χ3v) is 6.28. The van der Waals surface area contributed by atoms with Gasteiger partial charge in [0.1, 0.15) is 0 Å². The van der Waals surface area contributed by atoms with Gasteiger partial charge in [0.15, 0.2) is 0 Å². The Bertz CT molecular complexity index is 1160. The van der Waals surface area contributed by atoms with Crippen molar-refractivity contribution in [3.63, 3.8) is 0 Å². The molecular formula is C25H27F6N3O5. The number of hydrogen-bond donors (Lipinski definition) is 2. The molecule has 2 fully saturated rings. The highest BCUT2D eigenvalue weighted by Crippen LogP contribution is 2.37. The maximum absolute atomic E-state index is 13.3. The van der Waals surface area contributed by atoms with Crippen LogP contribution in [-0.2, 0) is 9.59 Å². The molecule has 1 spiro atoms. The van der Waals surface area contributed by atoms with Crippen LogP contribution < -0.4 is 0 Å². The Labute approximate surface area is 219 Å². The number of carboxylic acids is 2. The summed E-state index contributed by atoms with van der Waals surface area (Å²) in [6.07, 6.45) is -1.78. The van der Waals surface area contributed by atoms with Gasteiger partial charge in [-0.05, 0) is 44.4 Å². The number of hydrogen-bond acceptors (Lipinski definition) is 5. The van der Waals surface area contributed by atoms with Gasteiger partial charge in [-0.2, -0.15) is 26.3 Å². The van der Waals surface area contributed by atoms with E-state index in [1.165, 1.54) is 19.3 Å². The summed E-state index contributed by atoms with van der Waals surface area (Å²) in [7, 11) is 0. The van der Waals surface area contributed by atoms with Crippen molar-refractivity contribution >= 4 is 28.7 Å². The predicted octanol–water partition coefficient (Wildman–Crippen LogP) is 4.76. The molecular weight excluding hydrogens is 536 g/mol. The van der Waals surface area contributed by atoms with E-state index in [1.54, 1.807) is 6.20 Å². The van der Waals surface area contributed by atoms with Gasteiger partial charge in [0, 0.05) is 36.8 Å². The fraction of sp³-hybridized carbons (Fsp3) is 0.440. The number of amides is 1. The lowest BCUT2D eigenvalue weighted by atomic mass is 9.86. The second-order valence-electron chi connectivity index (χ2n) is 8.88. The molecule has 1 atom stereocenters. The average molecular weight is 563 g/mol. The monoisotopic (exact) mass is 563 g/mol. The lowest BCUT2D eigenvalue weighted by molar-refractivity contribution is -0.193. The zero-order valence-corrected chi connectivity index (χ0v) is 20.6. The van der Waals surface area contributed by atoms with Crippen LogP contribution in [-0.4, -0.2) is 86.9 Å². The quantitative estimate of drug-likeness (QED) is 0.409. The number of carboxylic acid groups (broad SMARTS) is 2. The Morgan fingerprint density at radius 3 is 2.03 bits per heavy atom. The molecule has 3 heterocycles. The Balaban J connectivity index is 0.000000317. The summed E-state index contributed by atoms with van der Waals surface area (Å²) >= 11 is 0. The highest BCUT2D eigenvalue weighted by molar-refractivity contribution is 6.05. The van der Waals surface area contributed by atoms with Crippen LogP contribution in [0.15, 0.2) is 49.2 Å². The van der Waals surface area contributed by atoms with Crippen molar-refractivity contribution in [1.29, 1.82) is 0 Å². The number of pyridine rings is 1. The molecule has 0 saturated carbocycles. The second-order valence-corrected chi connectivity index (χ2v) is 8.88. The van der Waals surface area contributed by atoms with Gasteiger partial charge in [-0.1, -0.05) is 24.3 Å². The summed E-state index contributed by atoms with van der Waals surface area (Å²) in [6, 6.07) is 9.81. The van der Waals surface area contributed by atoms with Crippen molar-refractivity contribution < 1.29 is 50.9 Å². The molecule has 4 rings (SSSR count). The Kier molecular flexibility index (Phi) is 10.4. The Morgan fingerprint density at radius 1 is 0.949 bits per heavy atom. The van der Waals surface area contributed by atoms with E-state index in [2.05, 4.69) is 16.5 Å². The van der Waals surface area contributed by atoms with Gasteiger partial charge in [-0.3, -0.25) is 14.7 Å². The van der Waals surface area contributed by atoms with Crippen molar-refractivity contribution in [2.45, 2.75) is 43.6 Å². The van der Waals surface area contributed by atoms with Crippen LogP contribution in [0.25, 0.3) is 10.9 Å². The third kappa shape index (κ3) is 8.40. The fourth-order valence-electron chi connectivity index (χ4n) is 4.63. The number of rotatable bonds is 3. The minimum absolute atomic E-state index is 0.119. The van der Waals surface area contributed by atoms with E-state index in [4.69, 9.17) is 19.8 Å². The molecule has 0 aliphatic carbocycles. The minimum Gasteiger partial charge on any atom is -0.475 e. The molecule has 1 aromatic carbocycles. The smallest absolute Gasteiger partial charge is 0.475 e. The van der Waals surface area contributed by atoms with Crippen LogP contribution in [0.5, 0.6) is 0 Å². The molecule has 2 aromatic rings. The molecule has 2 aliphatic heterocycles. The molecule has 2 aliphatic rings. The van der Waals surface area contributed by atoms with Crippen LogP contribution in [0.1, 0.15) is 36.0 Å². The summed E-state index contributed by atoms with van der Waals surface area (Å²) < 4.78 is 63.5. The van der Waals surface area contributed by atoms with E-state index < -0.39 is 24.3 Å². The van der Waals surface area contributed by atoms with E-state index in [1.807, 2.05) is 41.3 Å². The SMILES string of the molecule is C=CCN1CCCC12CCCN(C(=O)c1cccc3cccnc13)C2.O=C(O)C(F)(F)F.O=C(O)C(F)(F)F. The molecule has 8 nitrogen and oxygen atoms in total. The first-order valence-electron chi connectivity index (χ1n) is 11.7. The number of aromatic nitrogens is 1. The predicted molar refractivity (Wildman–Crippen MR) is 128 cm³/mol. The molecule has 2 saturated heterocycles. The van der Waals surface area contributed by atoms with Crippen molar-refractivity contribution in [3.05, 3.63) is 54.7 Å². The number of carbonyl (C=O) groups excluding carboxylic acids is 1. The highest BCUT2D eigenvalue weighted by Gasteiger charge is 2.44. The van der Waals surface area contributed by atoms with Crippen LogP contribution >= 0.6 is 0 Å². The number of halogens is 6. The van der Waals surface area contributed by atoms with E-state index in [9.17, 15) is 31.1 Å². The molecule has 39 heavy (non-hydrogen) atoms. The van der Waals surface area contributed by atoms with Gasteiger partial charge in [0.2, 0.25) is 0 Å². The molecule has 1 amide bonds. The molecule has 1 unspecified atom stereocenters. The first-order chi connectivity index (χ1) is 18.1. The number of fused-ring (bicyclic) bond motifs is 1. The van der Waals surface area contributed by atoms with Crippen molar-refractivity contribution in [1.82, 2.24) is 14.8 Å². The number of aliphatic carboxylic acids is 2. The lowest BCUT2D eigenvalue weighted by Crippen LogP contribution is -2.56. The standard InChI is InChI=1S/C21H25N3O.2C2HF3O2/c1-2-13-24-15-6-11-21(24)10-5-14-23(16-21)20(25)18-9-3-7-17-8-4-12-22-19(17)18;2*3-2(4,5)1(6)7/h2-4,7-9,12H,1,5-6,10-11,13-16H2;2*(H,6,7). The van der Waals surface area contributed by atoms with E-state index >= 15 is 0 Å². The number of benzene rings is 1. The van der Waals surface area contributed by atoms with Gasteiger partial charge in [-0.25, -0.2) is 9.59 Å². The van der Waals surface area contributed by atoms with Crippen molar-refractivity contribution in [2.24, 2.45) is 0 Å². The molecule has 2 N–H and O–H groups in total. The maximum atomic E-state index is 13.3. The van der Waals surface area contributed by atoms with E-state index in [-0.39, 0.29) is 11.4 Å². The summed E-state index contributed by atoms with van der Waals surface area (Å²) in [5.41, 5.74) is 1.67. The van der Waals surface area contributed by atoms with Crippen molar-refractivity contribution in [2.75, 3.05) is 26.2 Å². The van der Waals surface area contributed by atoms with E-state index in [0.717, 1.165) is 49.1 Å². The highest BCUT2D eigenvalue weighted by atomic mass is 19.4. The summed E-state index contributed by atoms with van der Waals surface area (Å²) in [6.45, 7) is 7.60. The van der Waals surface area contributed by atoms with Gasteiger partial charge < -0.3 is 15.1 Å². The summed E-state index contributed by atoms with van der Waals surface area (Å²) in [4.78, 5) is 40.1. The maximum Gasteiger partial charge on any atom is 0.490 e. The number of para-hydroxylation sites is 1. The van der Waals surface area contributed by atoms with E-state index in [0.29, 0.717) is 0 Å². The van der Waals surface area contributed by atoms with Crippen LogP contribution in [0, 0.1) is 0 Å². The summed E-state index contributed by atoms with van der Waals surface area (Å²) in [5, 5.41) is 15.3. The zero-order valence-electron chi connectivity index (χ0n) is 20.6. The van der Waals surface area contributed by atoms with Gasteiger partial charge in [-0.15, -0.1) is 6.58 Å². The number of piperidine rings is 1. The Morgan fingerprint density at radius 2 is 1.49 bits per heavy atom. The normalized spacial score (nSPS) is 19.5. The fourth-order valence-corrected chi connectivity index (χ4v) is 4.63. The zero-order chi connectivity index (χ0) is 29.4. The first-order valence-corrected chi connectivity index (χ1v) is 11.7. The topological polar surface area (TPSA) is 111 Å². The third-order valence-electron chi connectivity index (χ3n) is 6.28. The second kappa shape index (κ2) is 12.9. The molecule has 214 valence electrons. The van der Waals surface area contributed by atoms with Gasteiger partial charge in [0.25, 0.3) is 5.91 Å². The molecule has 0 bridgehead atoms. The minimum atomic E-state index is -5.08. The van der Waals surface area contributed by atoms with Gasteiger partial charge in [0.05, 0.1) is 11.1 Å². The lowest BCUT2D eigenvalue weighted by Gasteiger charge is -2.46. The number of likely N-dealkylation sites (tertiary alicyclic amines) is 2. The number of carbonyl (C=O) groups is 3. The average Bonchev–Trinajstić information content (AvgIpc) is 3.24. The largest absolute Gasteiger partial charge is 0.490 e. The molecule has 0 radical (unpaired) electrons. The number of nitrogens with zero attached hydrogens (tertiary/aromatic N) is 3. The van der Waals surface area contributed by atoms with Crippen molar-refractivity contribution in [3.8, 4) is 0 Å². The number of alkyl halides is 6. The molecule has 14 heteroatoms. The van der Waals surface area contributed by atoms with Crippen LogP contribution in [0.2, 0.25) is 0 Å². The summed E-state index contributed by atoms with van der Waals surface area (Å²) in [5.74, 6) is -5.39. The van der Waals surface area contributed by atoms with Crippen LogP contribution in [0.4, 0.5) is 26.3 Å².